The normalized spacial score (nSPS) is 15.8. The summed E-state index contributed by atoms with van der Waals surface area (Å²) in [5.41, 5.74) is 10.6. The van der Waals surface area contributed by atoms with Crippen LogP contribution >= 0.6 is 0 Å². The molecule has 0 radical (unpaired) electrons. The Morgan fingerprint density at radius 1 is 0.652 bits per heavy atom. The number of nitrogens with zero attached hydrogens (tertiary/aromatic N) is 1. The molecule has 3 aliphatic rings. The van der Waals surface area contributed by atoms with Crippen LogP contribution in [0, 0.1) is 5.92 Å². The zero-order valence-corrected chi connectivity index (χ0v) is 29.4. The van der Waals surface area contributed by atoms with Crippen molar-refractivity contribution in [2.45, 2.75) is 50.6 Å². The number of hydrogen-bond donors (Lipinski definition) is 0. The number of fused-ring (bicyclic) bond motifs is 5. The molecule has 228 valence electrons. The zero-order chi connectivity index (χ0) is 30.8. The predicted octanol–water partition coefficient (Wildman–Crippen LogP) is 10.3. The van der Waals surface area contributed by atoms with Crippen molar-refractivity contribution in [2.75, 3.05) is 7.05 Å². The molecule has 4 aromatic carbocycles. The fourth-order valence-corrected chi connectivity index (χ4v) is 8.39. The Kier molecular flexibility index (Phi) is 12.3. The van der Waals surface area contributed by atoms with E-state index < -0.39 is 8.84 Å². The van der Waals surface area contributed by atoms with Crippen LogP contribution in [0.1, 0.15) is 65.5 Å². The number of benzene rings is 4. The molecule has 0 atom stereocenters. The molecule has 2 nitrogen and oxygen atoms in total. The van der Waals surface area contributed by atoms with Gasteiger partial charge in [-0.25, -0.2) is 0 Å². The van der Waals surface area contributed by atoms with Crippen molar-refractivity contribution in [3.05, 3.63) is 167 Å². The van der Waals surface area contributed by atoms with Crippen molar-refractivity contribution in [2.24, 2.45) is 5.92 Å². The summed E-state index contributed by atoms with van der Waals surface area (Å²) in [5, 5.41) is 0. The van der Waals surface area contributed by atoms with Gasteiger partial charge in [-0.05, 0) is 63.8 Å². The van der Waals surface area contributed by atoms with Gasteiger partial charge in [-0.1, -0.05) is 165 Å². The first-order valence-corrected chi connectivity index (χ1v) is 18.0. The molecule has 4 heteroatoms. The van der Waals surface area contributed by atoms with Crippen molar-refractivity contribution < 1.29 is 26.2 Å². The Hall–Kier alpha value is -3.63. The Morgan fingerprint density at radius 2 is 1.11 bits per heavy atom. The van der Waals surface area contributed by atoms with Crippen LogP contribution in [0.5, 0.6) is 0 Å². The van der Waals surface area contributed by atoms with E-state index in [1.54, 1.807) is 0 Å². The third-order valence-corrected chi connectivity index (χ3v) is 11.2. The van der Waals surface area contributed by atoms with E-state index >= 15 is 0 Å². The molecule has 0 heterocycles. The second-order valence-electron chi connectivity index (χ2n) is 12.4. The minimum absolute atomic E-state index is 0. The van der Waals surface area contributed by atoms with Gasteiger partial charge in [0.2, 0.25) is 0 Å². The maximum absolute atomic E-state index is 13.2. The molecule has 0 spiro atoms. The van der Waals surface area contributed by atoms with Gasteiger partial charge < -0.3 is 9.03 Å². The van der Waals surface area contributed by atoms with Crippen LogP contribution in [0.4, 0.5) is 0 Å². The van der Waals surface area contributed by atoms with Crippen molar-refractivity contribution in [3.63, 3.8) is 0 Å². The van der Waals surface area contributed by atoms with Crippen LogP contribution in [0.25, 0.3) is 23.3 Å². The molecule has 0 saturated heterocycles. The van der Waals surface area contributed by atoms with Crippen molar-refractivity contribution in [1.82, 2.24) is 4.57 Å². The molecule has 1 fully saturated rings. The second-order valence-corrected chi connectivity index (χ2v) is 14.3. The fraction of sp³-hybridized carbons (Fsp3) is 0.238. The Morgan fingerprint density at radius 3 is 1.61 bits per heavy atom. The average molecular weight is 654 g/mol. The summed E-state index contributed by atoms with van der Waals surface area (Å²) in [4.78, 5) is 0. The van der Waals surface area contributed by atoms with E-state index in [1.807, 2.05) is 36.4 Å². The van der Waals surface area contributed by atoms with Gasteiger partial charge in [-0.3, -0.25) is 0 Å². The molecular weight excluding hydrogens is 610 g/mol. The minimum Gasteiger partial charge on any atom is -0.377 e. The summed E-state index contributed by atoms with van der Waals surface area (Å²) in [6.07, 6.45) is 20.4. The monoisotopic (exact) mass is 653 g/mol. The molecule has 0 amide bonds. The molecular formula is C42H43NOSiTi+2. The first-order chi connectivity index (χ1) is 22.2. The van der Waals surface area contributed by atoms with Gasteiger partial charge in [0, 0.05) is 25.1 Å². The summed E-state index contributed by atoms with van der Waals surface area (Å²) in [6, 6.07) is 39.4. The quantitative estimate of drug-likeness (QED) is 0.146. The summed E-state index contributed by atoms with van der Waals surface area (Å²) < 4.78 is 15.4. The van der Waals surface area contributed by atoms with Crippen molar-refractivity contribution >= 4 is 32.1 Å². The van der Waals surface area contributed by atoms with Gasteiger partial charge in [0.1, 0.15) is 0 Å². The van der Waals surface area contributed by atoms with Crippen LogP contribution in [0.15, 0.2) is 133 Å². The third-order valence-electron chi connectivity index (χ3n) is 9.26. The first kappa shape index (κ1) is 33.7. The predicted molar refractivity (Wildman–Crippen MR) is 192 cm³/mol. The van der Waals surface area contributed by atoms with Crippen LogP contribution < -0.4 is 0 Å². The van der Waals surface area contributed by atoms with E-state index in [9.17, 15) is 4.46 Å². The molecule has 7 rings (SSSR count). The standard InChI is InChI=1S/C26H29NOSi.C16H14.Ti/c1-27(22-11-3-2-4-12-22)29(28)18-19-15-25-23-13-7-5-9-20(23)17-21-10-6-8-14-24(21)26(25)16-19;1-3-9-15(10-4-1)13-7-8-14-16-11-5-2-6-12-16;/h5-10,13-16,19,22H,2-4,11-12,17-18H2,1H3;1-14H;/q;;+2. The van der Waals surface area contributed by atoms with E-state index in [1.165, 1.54) is 76.6 Å². The summed E-state index contributed by atoms with van der Waals surface area (Å²) in [6.45, 7) is 0. The molecule has 0 N–H and O–H groups in total. The smallest absolute Gasteiger partial charge is 0.377 e. The summed E-state index contributed by atoms with van der Waals surface area (Å²) >= 11 is 0. The maximum Gasteiger partial charge on any atom is 2.00 e. The van der Waals surface area contributed by atoms with Crippen molar-refractivity contribution in [3.8, 4) is 0 Å². The van der Waals surface area contributed by atoms with Gasteiger partial charge in [0.05, 0.1) is 0 Å². The summed E-state index contributed by atoms with van der Waals surface area (Å²) in [5.74, 6) is 0.261. The van der Waals surface area contributed by atoms with Gasteiger partial charge in [0.15, 0.2) is 0 Å². The third kappa shape index (κ3) is 8.59. The largest absolute Gasteiger partial charge is 2.00 e. The van der Waals surface area contributed by atoms with E-state index in [-0.39, 0.29) is 27.6 Å². The Labute approximate surface area is 291 Å². The van der Waals surface area contributed by atoms with Crippen LogP contribution in [0.3, 0.4) is 0 Å². The maximum atomic E-state index is 13.2. The van der Waals surface area contributed by atoms with Crippen LogP contribution in [0.2, 0.25) is 6.04 Å². The second kappa shape index (κ2) is 16.8. The molecule has 46 heavy (non-hydrogen) atoms. The molecule has 4 aromatic rings. The molecule has 1 saturated carbocycles. The SMILES string of the molecule is C(C=Cc1ccccc1)=Cc1ccccc1.CN(C1CCCCC1)[Si](=O)CC1C=C2C(=C1)c1ccccc1Cc1ccccc12.[Ti+2]. The topological polar surface area (TPSA) is 20.3 Å². The number of allylic oxidation sites excluding steroid dienone is 6. The fourth-order valence-electron chi connectivity index (χ4n) is 6.80. The van der Waals surface area contributed by atoms with E-state index in [0.717, 1.165) is 12.5 Å². The Bertz CT molecular complexity index is 1610. The molecule has 0 aromatic heterocycles. The molecule has 3 aliphatic carbocycles. The van der Waals surface area contributed by atoms with Gasteiger partial charge >= 0.3 is 30.6 Å². The number of rotatable bonds is 7. The van der Waals surface area contributed by atoms with Crippen LogP contribution in [-0.2, 0) is 32.6 Å². The van der Waals surface area contributed by atoms with E-state index in [4.69, 9.17) is 0 Å². The summed E-state index contributed by atoms with van der Waals surface area (Å²) in [7, 11) is 0.333. The van der Waals surface area contributed by atoms with E-state index in [2.05, 4.69) is 121 Å². The Balaban J connectivity index is 0.000000209. The van der Waals surface area contributed by atoms with Gasteiger partial charge in [-0.2, -0.15) is 0 Å². The molecule has 0 aliphatic heterocycles. The van der Waals surface area contributed by atoms with Gasteiger partial charge in [0.25, 0.3) is 0 Å². The minimum atomic E-state index is -1.76. The zero-order valence-electron chi connectivity index (χ0n) is 26.8. The van der Waals surface area contributed by atoms with Gasteiger partial charge in [-0.15, -0.1) is 0 Å². The first-order valence-electron chi connectivity index (χ1n) is 16.5. The average Bonchev–Trinajstić information content (AvgIpc) is 3.46. The number of hydrogen-bond acceptors (Lipinski definition) is 1. The van der Waals surface area contributed by atoms with Crippen molar-refractivity contribution in [1.29, 1.82) is 0 Å². The molecule has 0 bridgehead atoms. The van der Waals surface area contributed by atoms with E-state index in [0.29, 0.717) is 6.04 Å². The van der Waals surface area contributed by atoms with Crippen LogP contribution in [-0.4, -0.2) is 26.5 Å². The molecule has 0 unspecified atom stereocenters.